The van der Waals surface area contributed by atoms with Crippen molar-refractivity contribution in [2.24, 2.45) is 5.92 Å². The number of aliphatic hydroxyl groups is 1. The van der Waals surface area contributed by atoms with Gasteiger partial charge < -0.3 is 15.3 Å². The number of urea groups is 1. The van der Waals surface area contributed by atoms with E-state index in [9.17, 15) is 23.1 Å². The highest BCUT2D eigenvalue weighted by atomic mass is 35.5. The van der Waals surface area contributed by atoms with Crippen LogP contribution in [-0.2, 0) is 19.4 Å². The van der Waals surface area contributed by atoms with Crippen molar-refractivity contribution in [1.82, 2.24) is 20.2 Å². The minimum absolute atomic E-state index is 0.00425. The molecule has 0 aliphatic carbocycles. The summed E-state index contributed by atoms with van der Waals surface area (Å²) in [5.74, 6) is 0.545. The molecule has 1 aromatic carbocycles. The lowest BCUT2D eigenvalue weighted by atomic mass is 10.0. The van der Waals surface area contributed by atoms with Crippen LogP contribution in [0.3, 0.4) is 0 Å². The third-order valence-electron chi connectivity index (χ3n) is 5.21. The van der Waals surface area contributed by atoms with Crippen LogP contribution in [0.1, 0.15) is 42.0 Å². The average molecular weight is 491 g/mol. The summed E-state index contributed by atoms with van der Waals surface area (Å²) in [5, 5.41) is 12.0. The molecule has 2 heterocycles. The minimum Gasteiger partial charge on any atom is -0.396 e. The Morgan fingerprint density at radius 1 is 1.31 bits per heavy atom. The molecule has 2 atom stereocenters. The van der Waals surface area contributed by atoms with Crippen LogP contribution < -0.4 is 5.32 Å². The summed E-state index contributed by atoms with van der Waals surface area (Å²) in [6, 6.07) is 2.20. The van der Waals surface area contributed by atoms with E-state index in [4.69, 9.17) is 23.2 Å². The highest BCUT2D eigenvalue weighted by Crippen LogP contribution is 2.33. The average Bonchev–Trinajstić information content (AvgIpc) is 2.73. The summed E-state index contributed by atoms with van der Waals surface area (Å²) < 4.78 is 39.5. The molecule has 6 nitrogen and oxygen atoms in total. The van der Waals surface area contributed by atoms with Crippen molar-refractivity contribution >= 4 is 29.2 Å². The molecule has 1 aliphatic heterocycles. The number of halogens is 5. The largest absolute Gasteiger partial charge is 0.396 e. The number of amides is 2. The quantitative estimate of drug-likeness (QED) is 0.614. The van der Waals surface area contributed by atoms with Crippen molar-refractivity contribution in [1.29, 1.82) is 0 Å². The normalized spacial score (nSPS) is 15.8. The van der Waals surface area contributed by atoms with E-state index in [1.165, 1.54) is 23.1 Å². The molecule has 2 aromatic rings. The third-order valence-corrected chi connectivity index (χ3v) is 5.94. The Morgan fingerprint density at radius 2 is 2.06 bits per heavy atom. The highest BCUT2D eigenvalue weighted by Gasteiger charge is 2.35. The molecular formula is C21H23Cl2F3N4O2. The van der Waals surface area contributed by atoms with Gasteiger partial charge in [-0.15, -0.1) is 0 Å². The topological polar surface area (TPSA) is 78.4 Å². The molecule has 0 saturated heterocycles. The molecule has 0 fully saturated rings. The molecule has 1 aromatic heterocycles. The molecule has 1 aliphatic rings. The summed E-state index contributed by atoms with van der Waals surface area (Å²) in [6.07, 6.45) is -3.05. The van der Waals surface area contributed by atoms with E-state index in [-0.39, 0.29) is 34.7 Å². The Kier molecular flexibility index (Phi) is 7.84. The van der Waals surface area contributed by atoms with Crippen LogP contribution >= 0.6 is 23.2 Å². The predicted molar refractivity (Wildman–Crippen MR) is 115 cm³/mol. The number of fused-ring (bicyclic) bond motifs is 1. The SMILES string of the molecule is C[C@@H](CO)Cc1ncc2c(n1)CN(C(=O)N[C@H](CC(F)(F)F)c1ccc(Cl)c(Cl)c1)CC2. The summed E-state index contributed by atoms with van der Waals surface area (Å²) >= 11 is 11.8. The lowest BCUT2D eigenvalue weighted by molar-refractivity contribution is -0.139. The maximum Gasteiger partial charge on any atom is 0.391 e. The van der Waals surface area contributed by atoms with E-state index in [1.807, 2.05) is 6.92 Å². The molecule has 0 bridgehead atoms. The first-order valence-corrected chi connectivity index (χ1v) is 10.8. The van der Waals surface area contributed by atoms with E-state index in [0.29, 0.717) is 30.9 Å². The number of hydrogen-bond donors (Lipinski definition) is 2. The van der Waals surface area contributed by atoms with Crippen molar-refractivity contribution < 1.29 is 23.1 Å². The second kappa shape index (κ2) is 10.2. The molecule has 0 spiro atoms. The van der Waals surface area contributed by atoms with Crippen molar-refractivity contribution in [3.05, 3.63) is 57.1 Å². The molecule has 2 amide bonds. The number of hydrogen-bond acceptors (Lipinski definition) is 4. The van der Waals surface area contributed by atoms with Gasteiger partial charge in [-0.3, -0.25) is 0 Å². The first-order chi connectivity index (χ1) is 15.1. The van der Waals surface area contributed by atoms with Crippen LogP contribution in [0.4, 0.5) is 18.0 Å². The Balaban J connectivity index is 1.75. The van der Waals surface area contributed by atoms with Crippen molar-refractivity contribution in [3.63, 3.8) is 0 Å². The molecule has 174 valence electrons. The van der Waals surface area contributed by atoms with Crippen LogP contribution in [0.15, 0.2) is 24.4 Å². The number of aromatic nitrogens is 2. The minimum atomic E-state index is -4.50. The molecular weight excluding hydrogens is 468 g/mol. The fraction of sp³-hybridized carbons (Fsp3) is 0.476. The fourth-order valence-corrected chi connectivity index (χ4v) is 3.75. The van der Waals surface area contributed by atoms with Crippen molar-refractivity contribution in [2.45, 2.75) is 44.9 Å². The van der Waals surface area contributed by atoms with Crippen LogP contribution in [0.2, 0.25) is 10.0 Å². The van der Waals surface area contributed by atoms with E-state index in [0.717, 1.165) is 5.56 Å². The zero-order valence-electron chi connectivity index (χ0n) is 17.3. The Morgan fingerprint density at radius 3 is 2.72 bits per heavy atom. The number of nitrogens with zero attached hydrogens (tertiary/aromatic N) is 3. The monoisotopic (exact) mass is 490 g/mol. The summed E-state index contributed by atoms with van der Waals surface area (Å²) in [7, 11) is 0. The standard InChI is InChI=1S/C21H23Cl2F3N4O2/c1-12(11-31)6-19-27-9-14-4-5-30(10-18(14)28-19)20(32)29-17(8-21(24,25)26)13-2-3-15(22)16(23)7-13/h2-3,7,9,12,17,31H,4-6,8,10-11H2,1H3,(H,29,32)/t12-,17-/m1/s1. The fourth-order valence-electron chi connectivity index (χ4n) is 3.45. The zero-order chi connectivity index (χ0) is 23.5. The van der Waals surface area contributed by atoms with Gasteiger partial charge in [-0.25, -0.2) is 14.8 Å². The molecule has 0 saturated carbocycles. The Hall–Kier alpha value is -2.10. The van der Waals surface area contributed by atoms with Gasteiger partial charge in [0, 0.05) is 25.8 Å². The van der Waals surface area contributed by atoms with Crippen molar-refractivity contribution in [3.8, 4) is 0 Å². The number of rotatable bonds is 6. The first kappa shape index (κ1) is 24.5. The summed E-state index contributed by atoms with van der Waals surface area (Å²) in [5.41, 5.74) is 1.76. The van der Waals surface area contributed by atoms with Gasteiger partial charge in [0.05, 0.1) is 34.7 Å². The number of aliphatic hydroxyl groups excluding tert-OH is 1. The smallest absolute Gasteiger partial charge is 0.391 e. The lowest BCUT2D eigenvalue weighted by Crippen LogP contribution is -2.45. The Labute approximate surface area is 193 Å². The second-order valence-electron chi connectivity index (χ2n) is 7.92. The third kappa shape index (κ3) is 6.46. The highest BCUT2D eigenvalue weighted by molar-refractivity contribution is 6.42. The second-order valence-corrected chi connectivity index (χ2v) is 8.73. The maximum absolute atomic E-state index is 13.2. The van der Waals surface area contributed by atoms with Crippen LogP contribution in [0.5, 0.6) is 0 Å². The van der Waals surface area contributed by atoms with E-state index in [2.05, 4.69) is 15.3 Å². The Bertz CT molecular complexity index is 975. The zero-order valence-corrected chi connectivity index (χ0v) is 18.8. The van der Waals surface area contributed by atoms with Crippen LogP contribution in [0.25, 0.3) is 0 Å². The van der Waals surface area contributed by atoms with Gasteiger partial charge >= 0.3 is 12.2 Å². The van der Waals surface area contributed by atoms with Gasteiger partial charge in [-0.1, -0.05) is 36.2 Å². The van der Waals surface area contributed by atoms with Crippen molar-refractivity contribution in [2.75, 3.05) is 13.2 Å². The maximum atomic E-state index is 13.2. The van der Waals surface area contributed by atoms with Gasteiger partial charge in [0.2, 0.25) is 0 Å². The molecule has 11 heteroatoms. The van der Waals surface area contributed by atoms with E-state index < -0.39 is 24.7 Å². The molecule has 2 N–H and O–H groups in total. The summed E-state index contributed by atoms with van der Waals surface area (Å²) in [6.45, 7) is 2.36. The number of carbonyl (C=O) groups excluding carboxylic acids is 1. The molecule has 0 unspecified atom stereocenters. The van der Waals surface area contributed by atoms with Gasteiger partial charge in [0.15, 0.2) is 0 Å². The molecule has 0 radical (unpaired) electrons. The number of alkyl halides is 3. The molecule has 3 rings (SSSR count). The van der Waals surface area contributed by atoms with Crippen LogP contribution in [-0.4, -0.2) is 45.3 Å². The van der Waals surface area contributed by atoms with Gasteiger partial charge in [-0.2, -0.15) is 13.2 Å². The van der Waals surface area contributed by atoms with E-state index >= 15 is 0 Å². The first-order valence-electron chi connectivity index (χ1n) is 10.1. The van der Waals surface area contributed by atoms with E-state index in [1.54, 1.807) is 6.20 Å². The number of nitrogens with one attached hydrogen (secondary N) is 1. The van der Waals surface area contributed by atoms with Crippen LogP contribution in [0, 0.1) is 5.92 Å². The number of benzene rings is 1. The van der Waals surface area contributed by atoms with Gasteiger partial charge in [0.1, 0.15) is 5.82 Å². The predicted octanol–water partition coefficient (Wildman–Crippen LogP) is 4.72. The lowest BCUT2D eigenvalue weighted by Gasteiger charge is -2.30. The van der Waals surface area contributed by atoms with Gasteiger partial charge in [0.25, 0.3) is 0 Å². The summed E-state index contributed by atoms with van der Waals surface area (Å²) in [4.78, 5) is 23.1. The van der Waals surface area contributed by atoms with Gasteiger partial charge in [-0.05, 0) is 35.6 Å². The number of carbonyl (C=O) groups is 1. The molecule has 32 heavy (non-hydrogen) atoms.